The lowest BCUT2D eigenvalue weighted by atomic mass is 10.2. The maximum atomic E-state index is 12.1. The molecule has 110 valence electrons. The van der Waals surface area contributed by atoms with Gasteiger partial charge >= 0.3 is 6.36 Å². The number of carbonyl (C=O) groups is 1. The minimum Gasteiger partial charge on any atom is -0.406 e. The molecule has 0 aliphatic rings. The van der Waals surface area contributed by atoms with Crippen molar-refractivity contribution >= 4 is 11.6 Å². The van der Waals surface area contributed by atoms with Gasteiger partial charge in [0.2, 0.25) is 5.56 Å². The topological polar surface area (TPSA) is 71.2 Å². The Bertz CT molecular complexity index is 690. The lowest BCUT2D eigenvalue weighted by Crippen LogP contribution is -2.17. The molecule has 1 aromatic carbocycles. The van der Waals surface area contributed by atoms with Gasteiger partial charge < -0.3 is 15.0 Å². The molecule has 1 amide bonds. The van der Waals surface area contributed by atoms with Crippen molar-refractivity contribution in [3.05, 3.63) is 58.5 Å². The van der Waals surface area contributed by atoms with Crippen LogP contribution in [-0.2, 0) is 0 Å². The van der Waals surface area contributed by atoms with E-state index in [9.17, 15) is 22.8 Å². The molecule has 21 heavy (non-hydrogen) atoms. The van der Waals surface area contributed by atoms with Crippen LogP contribution >= 0.6 is 0 Å². The lowest BCUT2D eigenvalue weighted by molar-refractivity contribution is -0.274. The van der Waals surface area contributed by atoms with E-state index in [4.69, 9.17) is 0 Å². The highest BCUT2D eigenvalue weighted by Crippen LogP contribution is 2.25. The number of aromatic nitrogens is 1. The molecule has 0 aliphatic heterocycles. The standard InChI is InChI=1S/C13H9F3N2O3/c14-13(15,16)21-10-3-1-2-9(6-10)18-12(20)8-4-5-11(19)17-7-8/h1-7H,(H,17,19)(H,18,20). The first-order valence-electron chi connectivity index (χ1n) is 5.69. The van der Waals surface area contributed by atoms with Crippen molar-refractivity contribution in [3.63, 3.8) is 0 Å². The number of ether oxygens (including phenoxy) is 1. The number of aromatic amines is 1. The first-order valence-corrected chi connectivity index (χ1v) is 5.69. The molecule has 0 saturated carbocycles. The molecule has 0 unspecified atom stereocenters. The molecule has 2 aromatic rings. The minimum absolute atomic E-state index is 0.132. The molecule has 1 aromatic heterocycles. The van der Waals surface area contributed by atoms with Gasteiger partial charge in [0.25, 0.3) is 5.91 Å². The summed E-state index contributed by atoms with van der Waals surface area (Å²) in [7, 11) is 0. The van der Waals surface area contributed by atoms with Crippen molar-refractivity contribution in [1.29, 1.82) is 0 Å². The summed E-state index contributed by atoms with van der Waals surface area (Å²) in [6.07, 6.45) is -3.60. The first kappa shape index (κ1) is 14.6. The molecule has 0 saturated heterocycles. The minimum atomic E-state index is -4.80. The summed E-state index contributed by atoms with van der Waals surface area (Å²) in [5.74, 6) is -1.02. The number of H-pyrrole nitrogens is 1. The fourth-order valence-electron chi connectivity index (χ4n) is 1.53. The van der Waals surface area contributed by atoms with Crippen molar-refractivity contribution < 1.29 is 22.7 Å². The van der Waals surface area contributed by atoms with Crippen LogP contribution in [0.3, 0.4) is 0 Å². The molecule has 2 rings (SSSR count). The van der Waals surface area contributed by atoms with Crippen LogP contribution in [0.4, 0.5) is 18.9 Å². The number of carbonyl (C=O) groups excluding carboxylic acids is 1. The summed E-state index contributed by atoms with van der Waals surface area (Å²) in [4.78, 5) is 25.0. The van der Waals surface area contributed by atoms with Gasteiger partial charge in [-0.1, -0.05) is 6.07 Å². The predicted molar refractivity (Wildman–Crippen MR) is 68.1 cm³/mol. The molecular formula is C13H9F3N2O3. The highest BCUT2D eigenvalue weighted by atomic mass is 19.4. The molecular weight excluding hydrogens is 289 g/mol. The molecule has 8 heteroatoms. The van der Waals surface area contributed by atoms with Crippen LogP contribution in [-0.4, -0.2) is 17.3 Å². The number of halogens is 3. The zero-order valence-corrected chi connectivity index (χ0v) is 10.4. The van der Waals surface area contributed by atoms with Crippen LogP contribution < -0.4 is 15.6 Å². The fraction of sp³-hybridized carbons (Fsp3) is 0.0769. The number of alkyl halides is 3. The Labute approximate surface area is 116 Å². The van der Waals surface area contributed by atoms with Gasteiger partial charge in [-0.3, -0.25) is 9.59 Å². The van der Waals surface area contributed by atoms with E-state index in [0.29, 0.717) is 0 Å². The van der Waals surface area contributed by atoms with E-state index in [-0.39, 0.29) is 16.8 Å². The Morgan fingerprint density at radius 2 is 1.95 bits per heavy atom. The highest BCUT2D eigenvalue weighted by Gasteiger charge is 2.31. The molecule has 0 atom stereocenters. The number of benzene rings is 1. The zero-order valence-electron chi connectivity index (χ0n) is 10.4. The quantitative estimate of drug-likeness (QED) is 0.914. The SMILES string of the molecule is O=C(Nc1cccc(OC(F)(F)F)c1)c1ccc(=O)[nH]c1. The van der Waals surface area contributed by atoms with Crippen LogP contribution in [0.2, 0.25) is 0 Å². The summed E-state index contributed by atoms with van der Waals surface area (Å²) in [5, 5.41) is 2.40. The average molecular weight is 298 g/mol. The Hall–Kier alpha value is -2.77. The summed E-state index contributed by atoms with van der Waals surface area (Å²) in [6.45, 7) is 0. The van der Waals surface area contributed by atoms with Crippen LogP contribution in [0.5, 0.6) is 5.75 Å². The van der Waals surface area contributed by atoms with Gasteiger partial charge in [0.1, 0.15) is 5.75 Å². The van der Waals surface area contributed by atoms with Crippen LogP contribution in [0.25, 0.3) is 0 Å². The molecule has 2 N–H and O–H groups in total. The monoisotopic (exact) mass is 298 g/mol. The second-order valence-corrected chi connectivity index (χ2v) is 3.97. The number of nitrogens with one attached hydrogen (secondary N) is 2. The van der Waals surface area contributed by atoms with E-state index in [2.05, 4.69) is 15.0 Å². The van der Waals surface area contributed by atoms with Gasteiger partial charge in [0, 0.05) is 24.0 Å². The number of hydrogen-bond donors (Lipinski definition) is 2. The summed E-state index contributed by atoms with van der Waals surface area (Å²) < 4.78 is 40.0. The van der Waals surface area contributed by atoms with Crippen molar-refractivity contribution in [1.82, 2.24) is 4.98 Å². The Morgan fingerprint density at radius 3 is 2.57 bits per heavy atom. The second kappa shape index (κ2) is 5.70. The molecule has 0 bridgehead atoms. The maximum absolute atomic E-state index is 12.1. The number of anilines is 1. The fourth-order valence-corrected chi connectivity index (χ4v) is 1.53. The maximum Gasteiger partial charge on any atom is 0.573 e. The molecule has 0 radical (unpaired) electrons. The normalized spacial score (nSPS) is 11.0. The summed E-state index contributed by atoms with van der Waals surface area (Å²) in [5.41, 5.74) is -0.0724. The second-order valence-electron chi connectivity index (χ2n) is 3.97. The third-order valence-corrected chi connectivity index (χ3v) is 2.37. The largest absolute Gasteiger partial charge is 0.573 e. The van der Waals surface area contributed by atoms with E-state index in [1.54, 1.807) is 0 Å². The Kier molecular flexibility index (Phi) is 3.97. The predicted octanol–water partition coefficient (Wildman–Crippen LogP) is 2.53. The van der Waals surface area contributed by atoms with Crippen LogP contribution in [0.15, 0.2) is 47.4 Å². The summed E-state index contributed by atoms with van der Waals surface area (Å²) in [6, 6.07) is 7.33. The van der Waals surface area contributed by atoms with E-state index in [0.717, 1.165) is 18.2 Å². The van der Waals surface area contributed by atoms with E-state index < -0.39 is 18.0 Å². The zero-order chi connectivity index (χ0) is 15.5. The van der Waals surface area contributed by atoms with Gasteiger partial charge in [-0.05, 0) is 18.2 Å². The number of rotatable bonds is 3. The van der Waals surface area contributed by atoms with Crippen molar-refractivity contribution in [3.8, 4) is 5.75 Å². The van der Waals surface area contributed by atoms with Crippen LogP contribution in [0.1, 0.15) is 10.4 Å². The van der Waals surface area contributed by atoms with Gasteiger partial charge in [0.15, 0.2) is 0 Å². The van der Waals surface area contributed by atoms with Crippen molar-refractivity contribution in [2.24, 2.45) is 0 Å². The van der Waals surface area contributed by atoms with Gasteiger partial charge in [-0.2, -0.15) is 0 Å². The molecule has 5 nitrogen and oxygen atoms in total. The van der Waals surface area contributed by atoms with Gasteiger partial charge in [-0.25, -0.2) is 0 Å². The van der Waals surface area contributed by atoms with Crippen LogP contribution in [0, 0.1) is 0 Å². The molecule has 1 heterocycles. The van der Waals surface area contributed by atoms with Crippen molar-refractivity contribution in [2.45, 2.75) is 6.36 Å². The van der Waals surface area contributed by atoms with Gasteiger partial charge in [0.05, 0.1) is 5.56 Å². The lowest BCUT2D eigenvalue weighted by Gasteiger charge is -2.10. The number of hydrogen-bond acceptors (Lipinski definition) is 3. The average Bonchev–Trinajstić information content (AvgIpc) is 2.37. The Morgan fingerprint density at radius 1 is 1.19 bits per heavy atom. The smallest absolute Gasteiger partial charge is 0.406 e. The van der Waals surface area contributed by atoms with E-state index in [1.165, 1.54) is 24.4 Å². The molecule has 0 fully saturated rings. The van der Waals surface area contributed by atoms with E-state index in [1.807, 2.05) is 0 Å². The summed E-state index contributed by atoms with van der Waals surface area (Å²) >= 11 is 0. The van der Waals surface area contributed by atoms with E-state index >= 15 is 0 Å². The van der Waals surface area contributed by atoms with Crippen molar-refractivity contribution in [2.75, 3.05) is 5.32 Å². The number of pyridine rings is 1. The van der Waals surface area contributed by atoms with Gasteiger partial charge in [-0.15, -0.1) is 13.2 Å². The third-order valence-electron chi connectivity index (χ3n) is 2.37. The first-order chi connectivity index (χ1) is 9.83. The molecule has 0 aliphatic carbocycles. The third kappa shape index (κ3) is 4.37. The Balaban J connectivity index is 2.12. The highest BCUT2D eigenvalue weighted by molar-refractivity contribution is 6.04. The number of amides is 1. The molecule has 0 spiro atoms.